The Kier molecular flexibility index (Phi) is 7.55. The van der Waals surface area contributed by atoms with Gasteiger partial charge in [-0.15, -0.1) is 11.3 Å². The van der Waals surface area contributed by atoms with Gasteiger partial charge in [0, 0.05) is 17.5 Å². The van der Waals surface area contributed by atoms with Crippen molar-refractivity contribution in [1.29, 1.82) is 0 Å². The average molecular weight is 465 g/mol. The summed E-state index contributed by atoms with van der Waals surface area (Å²) >= 11 is 1.52. The summed E-state index contributed by atoms with van der Waals surface area (Å²) in [6.07, 6.45) is 4.30. The van der Waals surface area contributed by atoms with Gasteiger partial charge >= 0.3 is 0 Å². The molecule has 6 heteroatoms. The number of benzene rings is 2. The van der Waals surface area contributed by atoms with E-state index in [0.717, 1.165) is 41.7 Å². The maximum atomic E-state index is 13.7. The number of hydrogen-bond donors (Lipinski definition) is 1. The predicted molar refractivity (Wildman–Crippen MR) is 129 cm³/mol. The number of rotatable bonds is 8. The molecule has 1 heterocycles. The molecule has 0 bridgehead atoms. The third kappa shape index (κ3) is 6.08. The molecule has 1 aromatic heterocycles. The van der Waals surface area contributed by atoms with Crippen molar-refractivity contribution in [2.45, 2.75) is 57.7 Å². The number of aryl methyl sites for hydroxylation is 1. The van der Waals surface area contributed by atoms with E-state index in [1.165, 1.54) is 23.5 Å². The topological polar surface area (TPSA) is 49.4 Å². The Morgan fingerprint density at radius 2 is 1.76 bits per heavy atom. The monoisotopic (exact) mass is 464 g/mol. The Bertz CT molecular complexity index is 1060. The highest BCUT2D eigenvalue weighted by molar-refractivity contribution is 7.10. The molecule has 1 atom stereocenters. The molecule has 0 radical (unpaired) electrons. The molecule has 1 fully saturated rings. The minimum atomic E-state index is -0.833. The van der Waals surface area contributed by atoms with Gasteiger partial charge in [-0.3, -0.25) is 9.59 Å². The van der Waals surface area contributed by atoms with Crippen LogP contribution in [-0.2, 0) is 22.6 Å². The number of hydrogen-bond acceptors (Lipinski definition) is 3. The Hall–Kier alpha value is -2.99. The largest absolute Gasteiger partial charge is 0.351 e. The Morgan fingerprint density at radius 1 is 1.06 bits per heavy atom. The maximum Gasteiger partial charge on any atom is 0.247 e. The summed E-state index contributed by atoms with van der Waals surface area (Å²) in [6, 6.07) is 17.0. The van der Waals surface area contributed by atoms with Crippen LogP contribution in [0.1, 0.15) is 53.3 Å². The second-order valence-electron chi connectivity index (χ2n) is 8.71. The van der Waals surface area contributed by atoms with Crippen molar-refractivity contribution in [3.8, 4) is 0 Å². The summed E-state index contributed by atoms with van der Waals surface area (Å²) in [5.41, 5.74) is 2.68. The van der Waals surface area contributed by atoms with E-state index in [-0.39, 0.29) is 30.1 Å². The van der Waals surface area contributed by atoms with Crippen LogP contribution >= 0.6 is 11.3 Å². The van der Waals surface area contributed by atoms with E-state index < -0.39 is 6.04 Å². The van der Waals surface area contributed by atoms with E-state index in [4.69, 9.17) is 0 Å². The van der Waals surface area contributed by atoms with Crippen molar-refractivity contribution in [1.82, 2.24) is 10.2 Å². The molecule has 1 saturated carbocycles. The van der Waals surface area contributed by atoms with E-state index >= 15 is 0 Å². The van der Waals surface area contributed by atoms with E-state index in [1.54, 1.807) is 17.0 Å². The third-order valence-corrected chi connectivity index (χ3v) is 7.02. The van der Waals surface area contributed by atoms with Crippen molar-refractivity contribution in [3.63, 3.8) is 0 Å². The van der Waals surface area contributed by atoms with Gasteiger partial charge < -0.3 is 10.2 Å². The normalized spacial score (nSPS) is 14.7. The number of carbonyl (C=O) groups is 2. The smallest absolute Gasteiger partial charge is 0.247 e. The van der Waals surface area contributed by atoms with Crippen molar-refractivity contribution >= 4 is 23.2 Å². The third-order valence-electron chi connectivity index (χ3n) is 6.15. The maximum absolute atomic E-state index is 13.7. The Balaban J connectivity index is 1.69. The molecule has 1 aliphatic carbocycles. The minimum Gasteiger partial charge on any atom is -0.351 e. The summed E-state index contributed by atoms with van der Waals surface area (Å²) in [5, 5.41) is 5.10. The fourth-order valence-corrected chi connectivity index (χ4v) is 5.04. The molecule has 1 N–H and O–H groups in total. The zero-order chi connectivity index (χ0) is 23.2. The fourth-order valence-electron chi connectivity index (χ4n) is 4.35. The number of halogens is 1. The first-order chi connectivity index (χ1) is 16.0. The van der Waals surface area contributed by atoms with Crippen LogP contribution in [0, 0.1) is 12.7 Å². The number of amides is 2. The summed E-state index contributed by atoms with van der Waals surface area (Å²) in [6.45, 7) is 2.31. The number of nitrogens with zero attached hydrogens (tertiary/aromatic N) is 1. The first kappa shape index (κ1) is 23.2. The first-order valence-electron chi connectivity index (χ1n) is 11.4. The van der Waals surface area contributed by atoms with Crippen LogP contribution < -0.4 is 5.32 Å². The summed E-state index contributed by atoms with van der Waals surface area (Å²) in [7, 11) is 0. The average Bonchev–Trinajstić information content (AvgIpc) is 3.50. The molecule has 0 unspecified atom stereocenters. The van der Waals surface area contributed by atoms with E-state index in [9.17, 15) is 14.0 Å². The van der Waals surface area contributed by atoms with Gasteiger partial charge in [0.15, 0.2) is 0 Å². The van der Waals surface area contributed by atoms with Crippen LogP contribution in [0.4, 0.5) is 4.39 Å². The van der Waals surface area contributed by atoms with Crippen LogP contribution in [0.25, 0.3) is 0 Å². The highest BCUT2D eigenvalue weighted by Gasteiger charge is 2.33. The molecule has 4 nitrogen and oxygen atoms in total. The van der Waals surface area contributed by atoms with E-state index in [0.29, 0.717) is 12.1 Å². The van der Waals surface area contributed by atoms with Crippen LogP contribution in [0.3, 0.4) is 0 Å². The fraction of sp³-hybridized carbons (Fsp3) is 0.333. The van der Waals surface area contributed by atoms with Gasteiger partial charge in [-0.25, -0.2) is 4.39 Å². The lowest BCUT2D eigenvalue weighted by Gasteiger charge is -2.32. The molecule has 2 amide bonds. The molecule has 0 saturated heterocycles. The Morgan fingerprint density at radius 3 is 2.39 bits per heavy atom. The van der Waals surface area contributed by atoms with Crippen LogP contribution in [0.2, 0.25) is 0 Å². The van der Waals surface area contributed by atoms with Gasteiger partial charge in [-0.05, 0) is 54.5 Å². The molecule has 33 heavy (non-hydrogen) atoms. The lowest BCUT2D eigenvalue weighted by atomic mass is 10.0. The molecule has 1 aliphatic rings. The van der Waals surface area contributed by atoms with Crippen LogP contribution in [0.15, 0.2) is 66.0 Å². The van der Waals surface area contributed by atoms with Crippen molar-refractivity contribution < 1.29 is 14.0 Å². The van der Waals surface area contributed by atoms with Crippen LogP contribution in [-0.4, -0.2) is 22.8 Å². The molecule has 0 spiro atoms. The van der Waals surface area contributed by atoms with Gasteiger partial charge in [0.1, 0.15) is 11.9 Å². The van der Waals surface area contributed by atoms with Gasteiger partial charge in [0.05, 0.1) is 6.42 Å². The molecule has 2 aromatic carbocycles. The quantitative estimate of drug-likeness (QED) is 0.474. The summed E-state index contributed by atoms with van der Waals surface area (Å²) in [4.78, 5) is 29.8. The predicted octanol–water partition coefficient (Wildman–Crippen LogP) is 5.57. The number of nitrogens with one attached hydrogen (secondary N) is 1. The lowest BCUT2D eigenvalue weighted by molar-refractivity contribution is -0.141. The Labute approximate surface area is 198 Å². The zero-order valence-corrected chi connectivity index (χ0v) is 19.6. The van der Waals surface area contributed by atoms with Gasteiger partial charge in [-0.1, -0.05) is 60.9 Å². The van der Waals surface area contributed by atoms with Crippen LogP contribution in [0.5, 0.6) is 0 Å². The van der Waals surface area contributed by atoms with Gasteiger partial charge in [-0.2, -0.15) is 0 Å². The standard InChI is InChI=1S/C27H29FN2O2S/c1-19-8-10-20(11-9-19)18-30(25(31)17-24-7-4-16-33-24)26(21-12-14-22(28)15-13-21)27(32)29-23-5-2-3-6-23/h4,7-16,23,26H,2-3,5-6,17-18H2,1H3,(H,29,32)/t26-/m0/s1. The molecule has 4 rings (SSSR count). The van der Waals surface area contributed by atoms with Crippen molar-refractivity contribution in [3.05, 3.63) is 93.4 Å². The lowest BCUT2D eigenvalue weighted by Crippen LogP contribution is -2.46. The zero-order valence-electron chi connectivity index (χ0n) is 18.8. The molecule has 172 valence electrons. The van der Waals surface area contributed by atoms with Crippen molar-refractivity contribution in [2.24, 2.45) is 0 Å². The molecule has 3 aromatic rings. The van der Waals surface area contributed by atoms with Gasteiger partial charge in [0.25, 0.3) is 0 Å². The molecule has 0 aliphatic heterocycles. The number of thiophene rings is 1. The summed E-state index contributed by atoms with van der Waals surface area (Å²) < 4.78 is 13.7. The second kappa shape index (κ2) is 10.8. The highest BCUT2D eigenvalue weighted by atomic mass is 32.1. The molecular weight excluding hydrogens is 435 g/mol. The number of carbonyl (C=O) groups excluding carboxylic acids is 2. The second-order valence-corrected chi connectivity index (χ2v) is 9.74. The first-order valence-corrected chi connectivity index (χ1v) is 12.3. The van der Waals surface area contributed by atoms with Gasteiger partial charge in [0.2, 0.25) is 11.8 Å². The SMILES string of the molecule is Cc1ccc(CN(C(=O)Cc2cccs2)[C@H](C(=O)NC2CCCC2)c2ccc(F)cc2)cc1. The van der Waals surface area contributed by atoms with E-state index in [1.807, 2.05) is 48.7 Å². The van der Waals surface area contributed by atoms with Crippen molar-refractivity contribution in [2.75, 3.05) is 0 Å². The highest BCUT2D eigenvalue weighted by Crippen LogP contribution is 2.27. The molecular formula is C27H29FN2O2S. The van der Waals surface area contributed by atoms with E-state index in [2.05, 4.69) is 5.32 Å². The summed E-state index contributed by atoms with van der Waals surface area (Å²) in [5.74, 6) is -0.710. The minimum absolute atomic E-state index is 0.120.